The Kier molecular flexibility index (Phi) is 8.72. The highest BCUT2D eigenvalue weighted by Gasteiger charge is 2.24. The molecule has 16 heavy (non-hydrogen) atoms. The highest BCUT2D eigenvalue weighted by atomic mass is 17.0. The smallest absolute Gasteiger partial charge is 0.396 e. The molecule has 8 nitrogen and oxygen atoms in total. The highest BCUT2D eigenvalue weighted by molar-refractivity contribution is 4.39. The van der Waals surface area contributed by atoms with Gasteiger partial charge in [0, 0.05) is 26.1 Å². The fourth-order valence-electron chi connectivity index (χ4n) is 0.861. The van der Waals surface area contributed by atoms with Gasteiger partial charge in [-0.05, 0) is 12.8 Å². The van der Waals surface area contributed by atoms with Crippen molar-refractivity contribution in [3.8, 4) is 0 Å². The molecule has 96 valence electrons. The summed E-state index contributed by atoms with van der Waals surface area (Å²) in [6.07, 6.45) is -2.08. The van der Waals surface area contributed by atoms with Crippen molar-refractivity contribution in [1.29, 1.82) is 0 Å². The van der Waals surface area contributed by atoms with Crippen LogP contribution in [0.3, 0.4) is 0 Å². The normalized spacial score (nSPS) is 14.2. The largest absolute Gasteiger partial charge is 0.482 e. The van der Waals surface area contributed by atoms with Gasteiger partial charge in [-0.1, -0.05) is 0 Å². The summed E-state index contributed by atoms with van der Waals surface area (Å²) in [4.78, 5) is 19.4. The highest BCUT2D eigenvalue weighted by Crippen LogP contribution is 2.03. The molecule has 0 aliphatic rings. The Morgan fingerprint density at radius 1 is 0.938 bits per heavy atom. The Morgan fingerprint density at radius 3 is 1.62 bits per heavy atom. The van der Waals surface area contributed by atoms with E-state index >= 15 is 0 Å². The summed E-state index contributed by atoms with van der Waals surface area (Å²) in [6.45, 7) is -0.251. The maximum absolute atomic E-state index is 10.8. The van der Waals surface area contributed by atoms with Crippen molar-refractivity contribution < 1.29 is 35.2 Å². The van der Waals surface area contributed by atoms with Crippen LogP contribution in [0.25, 0.3) is 0 Å². The minimum atomic E-state index is -1.39. The van der Waals surface area contributed by atoms with Crippen LogP contribution in [0.1, 0.15) is 25.7 Å². The molecule has 0 aromatic heterocycles. The van der Waals surface area contributed by atoms with E-state index in [1.165, 1.54) is 0 Å². The summed E-state index contributed by atoms with van der Waals surface area (Å²) in [5.41, 5.74) is 0. The summed E-state index contributed by atoms with van der Waals surface area (Å²) in [5, 5.41) is 34.6. The van der Waals surface area contributed by atoms with Gasteiger partial charge in [-0.2, -0.15) is 9.68 Å². The second-order valence-electron chi connectivity index (χ2n) is 3.08. The molecule has 0 aromatic rings. The van der Waals surface area contributed by atoms with Crippen molar-refractivity contribution in [2.45, 2.75) is 38.3 Å². The molecule has 2 unspecified atom stereocenters. The lowest BCUT2D eigenvalue weighted by Crippen LogP contribution is -2.25. The van der Waals surface area contributed by atoms with Gasteiger partial charge in [-0.25, -0.2) is 0 Å². The predicted molar refractivity (Wildman–Crippen MR) is 50.5 cm³/mol. The van der Waals surface area contributed by atoms with E-state index in [1.54, 1.807) is 0 Å². The van der Waals surface area contributed by atoms with Crippen LogP contribution in [0, 0.1) is 4.91 Å². The third-order valence-corrected chi connectivity index (χ3v) is 1.63. The van der Waals surface area contributed by atoms with Crippen LogP contribution in [-0.4, -0.2) is 51.3 Å². The van der Waals surface area contributed by atoms with Gasteiger partial charge in [0.15, 0.2) is 0 Å². The van der Waals surface area contributed by atoms with Gasteiger partial charge in [0.1, 0.15) is 4.91 Å². The predicted octanol–water partition coefficient (Wildman–Crippen LogP) is -1.19. The SMILES string of the molecule is O=[N+](OC(O)CCCO)OC(O)CCCO. The Hall–Kier alpha value is -0.960. The topological polar surface area (TPSA) is 119 Å². The van der Waals surface area contributed by atoms with Crippen LogP contribution in [0.4, 0.5) is 0 Å². The fourth-order valence-corrected chi connectivity index (χ4v) is 0.861. The molecule has 8 heteroatoms. The molecule has 4 N–H and O–H groups in total. The van der Waals surface area contributed by atoms with Crippen molar-refractivity contribution in [3.05, 3.63) is 4.91 Å². The molecule has 0 amide bonds. The second kappa shape index (κ2) is 9.28. The van der Waals surface area contributed by atoms with Gasteiger partial charge >= 0.3 is 5.09 Å². The maximum Gasteiger partial charge on any atom is 0.482 e. The van der Waals surface area contributed by atoms with Crippen LogP contribution in [0.15, 0.2) is 0 Å². The van der Waals surface area contributed by atoms with Gasteiger partial charge in [0.2, 0.25) is 0 Å². The van der Waals surface area contributed by atoms with Gasteiger partial charge in [0.05, 0.1) is 0 Å². The van der Waals surface area contributed by atoms with E-state index in [0.717, 1.165) is 0 Å². The first-order chi connectivity index (χ1) is 7.60. The van der Waals surface area contributed by atoms with E-state index < -0.39 is 12.6 Å². The molecule has 0 fully saturated rings. The summed E-state index contributed by atoms with van der Waals surface area (Å²) in [5.74, 6) is 0. The van der Waals surface area contributed by atoms with Crippen LogP contribution in [-0.2, 0) is 9.68 Å². The van der Waals surface area contributed by atoms with Gasteiger partial charge in [-0.3, -0.25) is 0 Å². The van der Waals surface area contributed by atoms with Gasteiger partial charge < -0.3 is 20.4 Å². The molecule has 0 saturated heterocycles. The van der Waals surface area contributed by atoms with E-state index in [-0.39, 0.29) is 44.0 Å². The maximum atomic E-state index is 10.8. The zero-order valence-electron chi connectivity index (χ0n) is 8.86. The molecule has 0 aliphatic heterocycles. The zero-order valence-corrected chi connectivity index (χ0v) is 8.86. The molecule has 0 aromatic carbocycles. The van der Waals surface area contributed by atoms with Crippen molar-refractivity contribution >= 4 is 0 Å². The van der Waals surface area contributed by atoms with E-state index in [9.17, 15) is 4.91 Å². The summed E-state index contributed by atoms with van der Waals surface area (Å²) < 4.78 is 0. The average molecular weight is 240 g/mol. The number of nitrogens with zero attached hydrogens (tertiary/aromatic N) is 1. The summed E-state index contributed by atoms with van der Waals surface area (Å²) in [6, 6.07) is 0. The first-order valence-corrected chi connectivity index (χ1v) is 4.98. The molecule has 0 spiro atoms. The molecule has 0 rings (SSSR count). The Bertz CT molecular complexity index is 171. The molecular formula is C8H18NO7+. The number of hydrogen-bond acceptors (Lipinski definition) is 7. The monoisotopic (exact) mass is 240 g/mol. The van der Waals surface area contributed by atoms with Crippen LogP contribution in [0.2, 0.25) is 0 Å². The third kappa shape index (κ3) is 8.36. The third-order valence-electron chi connectivity index (χ3n) is 1.63. The van der Waals surface area contributed by atoms with Gasteiger partial charge in [0.25, 0.3) is 12.6 Å². The number of aliphatic hydroxyl groups excluding tert-OH is 4. The zero-order chi connectivity index (χ0) is 12.4. The van der Waals surface area contributed by atoms with Crippen LogP contribution < -0.4 is 0 Å². The number of aliphatic hydroxyl groups is 4. The van der Waals surface area contributed by atoms with E-state index in [4.69, 9.17) is 20.4 Å². The summed E-state index contributed by atoms with van der Waals surface area (Å²) in [7, 11) is 0. The minimum Gasteiger partial charge on any atom is -0.396 e. The molecule has 0 radical (unpaired) electrons. The second-order valence-corrected chi connectivity index (χ2v) is 3.08. The standard InChI is InChI=1S/C8H18NO7/c10-5-1-3-7(12)15-9(14)16-8(13)4-2-6-11/h7-8,10-13H,1-6H2/q+1. The van der Waals surface area contributed by atoms with Crippen molar-refractivity contribution in [2.24, 2.45) is 0 Å². The number of hydrogen-bond donors (Lipinski definition) is 4. The lowest BCUT2D eigenvalue weighted by Gasteiger charge is -2.04. The fraction of sp³-hybridized carbons (Fsp3) is 1.00. The van der Waals surface area contributed by atoms with Crippen LogP contribution in [0.5, 0.6) is 0 Å². The molecule has 0 saturated carbocycles. The molecule has 0 heterocycles. The Morgan fingerprint density at radius 2 is 1.31 bits per heavy atom. The molecular weight excluding hydrogens is 222 g/mol. The van der Waals surface area contributed by atoms with Crippen molar-refractivity contribution in [3.63, 3.8) is 0 Å². The Labute approximate surface area is 92.5 Å². The molecule has 2 atom stereocenters. The average Bonchev–Trinajstić information content (AvgIpc) is 2.23. The lowest BCUT2D eigenvalue weighted by molar-refractivity contribution is -1.00. The Balaban J connectivity index is 3.63. The van der Waals surface area contributed by atoms with E-state index in [2.05, 4.69) is 9.68 Å². The van der Waals surface area contributed by atoms with Crippen molar-refractivity contribution in [1.82, 2.24) is 0 Å². The lowest BCUT2D eigenvalue weighted by atomic mass is 10.3. The summed E-state index contributed by atoms with van der Waals surface area (Å²) >= 11 is 0. The van der Waals surface area contributed by atoms with Gasteiger partial charge in [-0.15, -0.1) is 0 Å². The van der Waals surface area contributed by atoms with Crippen LogP contribution >= 0.6 is 0 Å². The quantitative estimate of drug-likeness (QED) is 0.280. The van der Waals surface area contributed by atoms with Crippen molar-refractivity contribution in [2.75, 3.05) is 13.2 Å². The molecule has 0 bridgehead atoms. The first-order valence-electron chi connectivity index (χ1n) is 4.98. The van der Waals surface area contributed by atoms with E-state index in [0.29, 0.717) is 0 Å². The number of rotatable bonds is 10. The molecule has 0 aliphatic carbocycles. The minimum absolute atomic E-state index is 0.0747. The first kappa shape index (κ1) is 15.0. The van der Waals surface area contributed by atoms with E-state index in [1.807, 2.05) is 0 Å².